The van der Waals surface area contributed by atoms with Gasteiger partial charge in [0.25, 0.3) is 0 Å². The molecule has 1 aromatic carbocycles. The van der Waals surface area contributed by atoms with Gasteiger partial charge in [-0.2, -0.15) is 13.2 Å². The van der Waals surface area contributed by atoms with Gasteiger partial charge in [-0.05, 0) is 44.6 Å². The Bertz CT molecular complexity index is 469. The molecule has 6 heteroatoms. The average Bonchev–Trinajstić information content (AvgIpc) is 2.24. The smallest absolute Gasteiger partial charge is 0.416 e. The van der Waals surface area contributed by atoms with Crippen molar-refractivity contribution in [3.05, 3.63) is 34.9 Å². The van der Waals surface area contributed by atoms with Crippen LogP contribution in [-0.4, -0.2) is 36.1 Å². The molecule has 1 unspecified atom stereocenters. The lowest BCUT2D eigenvalue weighted by Gasteiger charge is -2.22. The van der Waals surface area contributed by atoms with E-state index in [9.17, 15) is 18.0 Å². The first-order chi connectivity index (χ1) is 8.64. The number of hydrogen-bond donors (Lipinski definition) is 1. The van der Waals surface area contributed by atoms with Crippen molar-refractivity contribution in [3.63, 3.8) is 0 Å². The Hall–Kier alpha value is -1.56. The van der Waals surface area contributed by atoms with E-state index < -0.39 is 23.8 Å². The highest BCUT2D eigenvalue weighted by atomic mass is 19.4. The van der Waals surface area contributed by atoms with Crippen molar-refractivity contribution < 1.29 is 23.1 Å². The zero-order valence-electron chi connectivity index (χ0n) is 11.0. The lowest BCUT2D eigenvalue weighted by atomic mass is 9.96. The van der Waals surface area contributed by atoms with Crippen LogP contribution in [0.3, 0.4) is 0 Å². The third-order valence-corrected chi connectivity index (χ3v) is 3.07. The van der Waals surface area contributed by atoms with E-state index in [4.69, 9.17) is 5.11 Å². The minimum absolute atomic E-state index is 0.0398. The average molecular weight is 275 g/mol. The van der Waals surface area contributed by atoms with Crippen molar-refractivity contribution in [2.45, 2.75) is 25.6 Å². The third-order valence-electron chi connectivity index (χ3n) is 3.07. The maximum absolute atomic E-state index is 12.8. The Kier molecular flexibility index (Phi) is 4.57. The van der Waals surface area contributed by atoms with Gasteiger partial charge < -0.3 is 5.11 Å². The minimum Gasteiger partial charge on any atom is -0.480 e. The second kappa shape index (κ2) is 5.61. The molecule has 0 aliphatic rings. The molecule has 1 atom stereocenters. The molecule has 1 aromatic rings. The van der Waals surface area contributed by atoms with Crippen LogP contribution in [-0.2, 0) is 17.4 Å². The largest absolute Gasteiger partial charge is 0.480 e. The Morgan fingerprint density at radius 1 is 1.37 bits per heavy atom. The first kappa shape index (κ1) is 15.5. The summed E-state index contributed by atoms with van der Waals surface area (Å²) in [5, 5.41) is 9.06. The van der Waals surface area contributed by atoms with E-state index in [1.54, 1.807) is 14.1 Å². The third kappa shape index (κ3) is 3.70. The Balaban J connectivity index is 3.12. The summed E-state index contributed by atoms with van der Waals surface area (Å²) in [5.74, 6) is -1.05. The van der Waals surface area contributed by atoms with Crippen LogP contribution < -0.4 is 0 Å². The van der Waals surface area contributed by atoms with Gasteiger partial charge in [0.1, 0.15) is 6.04 Å². The highest BCUT2D eigenvalue weighted by molar-refractivity contribution is 5.74. The number of alkyl halides is 3. The summed E-state index contributed by atoms with van der Waals surface area (Å²) >= 11 is 0. The molecule has 1 N–H and O–H groups in total. The number of aliphatic carboxylic acids is 1. The summed E-state index contributed by atoms with van der Waals surface area (Å²) in [4.78, 5) is 12.5. The number of carboxylic acids is 1. The molecule has 0 fully saturated rings. The molecule has 0 amide bonds. The second-order valence-corrected chi connectivity index (χ2v) is 4.61. The predicted octanol–water partition coefficient (Wildman–Crippen LogP) is 2.57. The SMILES string of the molecule is Cc1c(CC(C(=O)O)N(C)C)cccc1C(F)(F)F. The summed E-state index contributed by atoms with van der Waals surface area (Å²) in [6.07, 6.45) is -4.38. The normalized spacial score (nSPS) is 13.6. The number of benzene rings is 1. The number of nitrogens with zero attached hydrogens (tertiary/aromatic N) is 1. The molecule has 0 bridgehead atoms. The first-order valence-electron chi connectivity index (χ1n) is 5.69. The molecule has 0 aromatic heterocycles. The Labute approximate surface area is 109 Å². The maximum Gasteiger partial charge on any atom is 0.416 e. The second-order valence-electron chi connectivity index (χ2n) is 4.61. The molecule has 1 rings (SSSR count). The van der Waals surface area contributed by atoms with E-state index in [1.165, 1.54) is 24.0 Å². The fourth-order valence-corrected chi connectivity index (χ4v) is 1.91. The van der Waals surface area contributed by atoms with Gasteiger partial charge in [-0.1, -0.05) is 12.1 Å². The van der Waals surface area contributed by atoms with Gasteiger partial charge in [0, 0.05) is 0 Å². The highest BCUT2D eigenvalue weighted by Crippen LogP contribution is 2.33. The molecular weight excluding hydrogens is 259 g/mol. The molecule has 0 saturated heterocycles. The summed E-state index contributed by atoms with van der Waals surface area (Å²) in [5.41, 5.74) is -0.230. The number of halogens is 3. The fraction of sp³-hybridized carbons (Fsp3) is 0.462. The zero-order valence-corrected chi connectivity index (χ0v) is 11.0. The summed E-state index contributed by atoms with van der Waals surface area (Å²) in [7, 11) is 3.17. The van der Waals surface area contributed by atoms with E-state index in [-0.39, 0.29) is 12.0 Å². The number of carbonyl (C=O) groups is 1. The molecule has 19 heavy (non-hydrogen) atoms. The van der Waals surface area contributed by atoms with Crippen LogP contribution in [0.15, 0.2) is 18.2 Å². The lowest BCUT2D eigenvalue weighted by Crippen LogP contribution is -2.37. The van der Waals surface area contributed by atoms with Crippen LogP contribution >= 0.6 is 0 Å². The van der Waals surface area contributed by atoms with Gasteiger partial charge in [0.2, 0.25) is 0 Å². The van der Waals surface area contributed by atoms with E-state index >= 15 is 0 Å². The molecule has 0 spiro atoms. The van der Waals surface area contributed by atoms with Gasteiger partial charge in [0.05, 0.1) is 5.56 Å². The standard InChI is InChI=1S/C13H16F3NO2/c1-8-9(7-11(12(18)19)17(2)3)5-4-6-10(8)13(14,15)16/h4-6,11H,7H2,1-3H3,(H,18,19). The summed E-state index contributed by atoms with van der Waals surface area (Å²) in [6, 6.07) is 3.00. The molecule has 106 valence electrons. The van der Waals surface area contributed by atoms with E-state index in [0.717, 1.165) is 6.07 Å². The number of carboxylic acid groups (broad SMARTS) is 1. The quantitative estimate of drug-likeness (QED) is 0.918. The molecule has 0 aliphatic heterocycles. The molecule has 0 aliphatic carbocycles. The van der Waals surface area contributed by atoms with E-state index in [2.05, 4.69) is 0 Å². The van der Waals surface area contributed by atoms with Crippen LogP contribution in [0.2, 0.25) is 0 Å². The monoisotopic (exact) mass is 275 g/mol. The van der Waals surface area contributed by atoms with Crippen LogP contribution in [0.25, 0.3) is 0 Å². The number of hydrogen-bond acceptors (Lipinski definition) is 2. The number of likely N-dealkylation sites (N-methyl/N-ethyl adjacent to an activating group) is 1. The van der Waals surface area contributed by atoms with Crippen molar-refractivity contribution in [2.75, 3.05) is 14.1 Å². The van der Waals surface area contributed by atoms with Gasteiger partial charge in [-0.25, -0.2) is 0 Å². The minimum atomic E-state index is -4.42. The van der Waals surface area contributed by atoms with Gasteiger partial charge >= 0.3 is 12.1 Å². The molecular formula is C13H16F3NO2. The Morgan fingerprint density at radius 2 is 1.95 bits per heavy atom. The molecule has 0 heterocycles. The fourth-order valence-electron chi connectivity index (χ4n) is 1.91. The van der Waals surface area contributed by atoms with Crippen LogP contribution in [0.1, 0.15) is 16.7 Å². The Morgan fingerprint density at radius 3 is 2.37 bits per heavy atom. The molecule has 3 nitrogen and oxygen atoms in total. The van der Waals surface area contributed by atoms with Crippen molar-refractivity contribution in [2.24, 2.45) is 0 Å². The van der Waals surface area contributed by atoms with Crippen LogP contribution in [0.4, 0.5) is 13.2 Å². The van der Waals surface area contributed by atoms with Gasteiger partial charge in [-0.15, -0.1) is 0 Å². The van der Waals surface area contributed by atoms with Crippen LogP contribution in [0, 0.1) is 6.92 Å². The maximum atomic E-state index is 12.8. The molecule has 0 radical (unpaired) electrons. The van der Waals surface area contributed by atoms with Gasteiger partial charge in [0.15, 0.2) is 0 Å². The van der Waals surface area contributed by atoms with Gasteiger partial charge in [-0.3, -0.25) is 9.69 Å². The first-order valence-corrected chi connectivity index (χ1v) is 5.69. The zero-order chi connectivity index (χ0) is 14.8. The summed E-state index contributed by atoms with van der Waals surface area (Å²) in [6.45, 7) is 1.37. The lowest BCUT2D eigenvalue weighted by molar-refractivity contribution is -0.142. The van der Waals surface area contributed by atoms with Crippen molar-refractivity contribution in [1.82, 2.24) is 4.90 Å². The van der Waals surface area contributed by atoms with Crippen LogP contribution in [0.5, 0.6) is 0 Å². The van der Waals surface area contributed by atoms with Crippen molar-refractivity contribution >= 4 is 5.97 Å². The molecule has 0 saturated carbocycles. The predicted molar refractivity (Wildman–Crippen MR) is 65.0 cm³/mol. The topological polar surface area (TPSA) is 40.5 Å². The van der Waals surface area contributed by atoms with Crippen molar-refractivity contribution in [1.29, 1.82) is 0 Å². The van der Waals surface area contributed by atoms with Crippen molar-refractivity contribution in [3.8, 4) is 0 Å². The highest BCUT2D eigenvalue weighted by Gasteiger charge is 2.33. The van der Waals surface area contributed by atoms with E-state index in [1.807, 2.05) is 0 Å². The summed E-state index contributed by atoms with van der Waals surface area (Å²) < 4.78 is 38.3. The van der Waals surface area contributed by atoms with E-state index in [0.29, 0.717) is 5.56 Å². The number of rotatable bonds is 4.